The average molecular weight is 331 g/mol. The summed E-state index contributed by atoms with van der Waals surface area (Å²) in [4.78, 5) is 24.5. The van der Waals surface area contributed by atoms with E-state index in [-0.39, 0.29) is 17.7 Å². The summed E-state index contributed by atoms with van der Waals surface area (Å²) in [6.07, 6.45) is 6.68. The summed E-state index contributed by atoms with van der Waals surface area (Å²) in [5.41, 5.74) is 6.36. The summed E-state index contributed by atoms with van der Waals surface area (Å²) in [6, 6.07) is 5.21. The molecule has 24 heavy (non-hydrogen) atoms. The van der Waals surface area contributed by atoms with Crippen LogP contribution in [0.1, 0.15) is 44.9 Å². The second kappa shape index (κ2) is 6.81. The smallest absolute Gasteiger partial charge is 0.244 e. The van der Waals surface area contributed by atoms with Crippen LogP contribution in [0.5, 0.6) is 5.75 Å². The number of carbonyl (C=O) groups is 2. The quantitative estimate of drug-likeness (QED) is 0.773. The molecule has 6 nitrogen and oxygen atoms in total. The Kier molecular flexibility index (Phi) is 4.76. The normalized spacial score (nSPS) is 19.4. The first-order chi connectivity index (χ1) is 11.5. The maximum atomic E-state index is 12.5. The van der Waals surface area contributed by atoms with E-state index in [1.165, 1.54) is 6.42 Å². The van der Waals surface area contributed by atoms with Gasteiger partial charge in [0.05, 0.1) is 18.3 Å². The van der Waals surface area contributed by atoms with E-state index in [1.807, 2.05) is 0 Å². The number of hydrogen-bond donors (Lipinski definition) is 3. The zero-order valence-electron chi connectivity index (χ0n) is 14.1. The third-order valence-corrected chi connectivity index (χ3v) is 4.93. The van der Waals surface area contributed by atoms with Gasteiger partial charge in [0, 0.05) is 11.6 Å². The molecule has 1 aromatic carbocycles. The van der Waals surface area contributed by atoms with Gasteiger partial charge in [-0.2, -0.15) is 0 Å². The zero-order chi connectivity index (χ0) is 17.2. The van der Waals surface area contributed by atoms with Crippen molar-refractivity contribution in [1.29, 1.82) is 0 Å². The summed E-state index contributed by atoms with van der Waals surface area (Å²) >= 11 is 0. The monoisotopic (exact) mass is 331 g/mol. The first-order valence-corrected chi connectivity index (χ1v) is 8.61. The summed E-state index contributed by atoms with van der Waals surface area (Å²) in [5.74, 6) is 0.470. The Morgan fingerprint density at radius 2 is 1.88 bits per heavy atom. The minimum atomic E-state index is -0.731. The van der Waals surface area contributed by atoms with Gasteiger partial charge >= 0.3 is 0 Å². The Morgan fingerprint density at radius 1 is 1.17 bits per heavy atom. The van der Waals surface area contributed by atoms with Crippen LogP contribution in [0, 0.1) is 5.92 Å². The van der Waals surface area contributed by atoms with Gasteiger partial charge < -0.3 is 21.1 Å². The fourth-order valence-electron chi connectivity index (χ4n) is 3.10. The summed E-state index contributed by atoms with van der Waals surface area (Å²) in [7, 11) is 1.56. The van der Waals surface area contributed by atoms with E-state index in [2.05, 4.69) is 10.6 Å². The van der Waals surface area contributed by atoms with Gasteiger partial charge in [-0.25, -0.2) is 0 Å². The van der Waals surface area contributed by atoms with Crippen molar-refractivity contribution in [1.82, 2.24) is 0 Å². The van der Waals surface area contributed by atoms with Gasteiger partial charge in [0.2, 0.25) is 11.8 Å². The number of nitrogens with one attached hydrogen (secondary N) is 2. The van der Waals surface area contributed by atoms with E-state index in [4.69, 9.17) is 10.5 Å². The van der Waals surface area contributed by atoms with Gasteiger partial charge in [0.1, 0.15) is 5.75 Å². The molecule has 0 unspecified atom stereocenters. The average Bonchev–Trinajstić information content (AvgIpc) is 3.35. The van der Waals surface area contributed by atoms with Gasteiger partial charge in [0.15, 0.2) is 0 Å². The Balaban J connectivity index is 1.71. The number of rotatable bonds is 5. The van der Waals surface area contributed by atoms with Crippen LogP contribution in [0.2, 0.25) is 0 Å². The predicted octanol–water partition coefficient (Wildman–Crippen LogP) is 2.64. The maximum absolute atomic E-state index is 12.5. The second-order valence-corrected chi connectivity index (χ2v) is 6.85. The molecule has 2 amide bonds. The maximum Gasteiger partial charge on any atom is 0.244 e. The van der Waals surface area contributed by atoms with Crippen LogP contribution in [0.15, 0.2) is 18.2 Å². The minimum Gasteiger partial charge on any atom is -0.495 e. The van der Waals surface area contributed by atoms with E-state index in [0.717, 1.165) is 25.7 Å². The lowest BCUT2D eigenvalue weighted by Crippen LogP contribution is -2.37. The molecule has 0 aliphatic heterocycles. The van der Waals surface area contributed by atoms with Crippen LogP contribution >= 0.6 is 0 Å². The van der Waals surface area contributed by atoms with Crippen molar-refractivity contribution in [3.8, 4) is 5.75 Å². The lowest BCUT2D eigenvalue weighted by Gasteiger charge is -2.21. The number of nitrogens with two attached hydrogens (primary N) is 1. The lowest BCUT2D eigenvalue weighted by molar-refractivity contribution is -0.120. The summed E-state index contributed by atoms with van der Waals surface area (Å²) < 4.78 is 5.32. The van der Waals surface area contributed by atoms with Crippen molar-refractivity contribution in [3.05, 3.63) is 18.2 Å². The van der Waals surface area contributed by atoms with E-state index in [0.29, 0.717) is 30.0 Å². The molecule has 0 aromatic heterocycles. The largest absolute Gasteiger partial charge is 0.495 e. The second-order valence-electron chi connectivity index (χ2n) is 6.85. The molecule has 0 spiro atoms. The number of benzene rings is 1. The molecular weight excluding hydrogens is 306 g/mol. The number of ether oxygens (including phenoxy) is 1. The molecule has 6 heteroatoms. The molecule has 0 heterocycles. The first kappa shape index (κ1) is 16.8. The molecule has 4 N–H and O–H groups in total. The zero-order valence-corrected chi connectivity index (χ0v) is 14.1. The highest BCUT2D eigenvalue weighted by Crippen LogP contribution is 2.35. The van der Waals surface area contributed by atoms with Crippen LogP contribution < -0.4 is 21.1 Å². The van der Waals surface area contributed by atoms with Gasteiger partial charge in [-0.05, 0) is 43.9 Å². The highest BCUT2D eigenvalue weighted by Gasteiger charge is 2.45. The lowest BCUT2D eigenvalue weighted by atomic mass is 9.88. The molecule has 2 aliphatic carbocycles. The molecule has 2 aliphatic rings. The van der Waals surface area contributed by atoms with E-state index < -0.39 is 5.54 Å². The van der Waals surface area contributed by atoms with Gasteiger partial charge in [0.25, 0.3) is 0 Å². The number of anilines is 2. The predicted molar refractivity (Wildman–Crippen MR) is 93.0 cm³/mol. The Hall–Kier alpha value is -2.08. The van der Waals surface area contributed by atoms with E-state index in [1.54, 1.807) is 25.3 Å². The van der Waals surface area contributed by atoms with Crippen molar-refractivity contribution in [2.75, 3.05) is 17.7 Å². The van der Waals surface area contributed by atoms with Crippen LogP contribution in [0.25, 0.3) is 0 Å². The molecule has 0 saturated heterocycles. The van der Waals surface area contributed by atoms with Crippen molar-refractivity contribution in [3.63, 3.8) is 0 Å². The highest BCUT2D eigenvalue weighted by molar-refractivity contribution is 6.01. The van der Waals surface area contributed by atoms with Gasteiger partial charge in [-0.15, -0.1) is 0 Å². The van der Waals surface area contributed by atoms with Crippen molar-refractivity contribution >= 4 is 23.2 Å². The third kappa shape index (κ3) is 3.70. The van der Waals surface area contributed by atoms with E-state index >= 15 is 0 Å². The van der Waals surface area contributed by atoms with Crippen LogP contribution in [0.4, 0.5) is 11.4 Å². The molecule has 3 rings (SSSR count). The number of hydrogen-bond acceptors (Lipinski definition) is 4. The number of amides is 2. The minimum absolute atomic E-state index is 0.0222. The van der Waals surface area contributed by atoms with Crippen molar-refractivity contribution in [2.24, 2.45) is 11.7 Å². The Morgan fingerprint density at radius 3 is 2.50 bits per heavy atom. The summed E-state index contributed by atoms with van der Waals surface area (Å²) in [5, 5.41) is 5.77. The van der Waals surface area contributed by atoms with Crippen LogP contribution in [-0.2, 0) is 9.59 Å². The van der Waals surface area contributed by atoms with Gasteiger partial charge in [-0.1, -0.05) is 19.3 Å². The molecule has 0 atom stereocenters. The highest BCUT2D eigenvalue weighted by atomic mass is 16.5. The fraction of sp³-hybridized carbons (Fsp3) is 0.556. The Bertz CT molecular complexity index is 634. The SMILES string of the molecule is COc1ccc(NC(=O)C2(N)CC2)cc1NC(=O)C1CCCCC1. The standard InChI is InChI=1S/C18H25N3O3/c1-24-15-8-7-13(20-17(23)18(19)9-10-18)11-14(15)21-16(22)12-5-3-2-4-6-12/h7-8,11-12H,2-6,9-10,19H2,1H3,(H,20,23)(H,21,22). The van der Waals surface area contributed by atoms with Gasteiger partial charge in [-0.3, -0.25) is 9.59 Å². The van der Waals surface area contributed by atoms with Crippen LogP contribution in [-0.4, -0.2) is 24.5 Å². The van der Waals surface area contributed by atoms with Crippen molar-refractivity contribution < 1.29 is 14.3 Å². The molecule has 2 saturated carbocycles. The molecule has 0 bridgehead atoms. The first-order valence-electron chi connectivity index (χ1n) is 8.61. The molecule has 130 valence electrons. The number of methoxy groups -OCH3 is 1. The topological polar surface area (TPSA) is 93.4 Å². The summed E-state index contributed by atoms with van der Waals surface area (Å²) in [6.45, 7) is 0. The fourth-order valence-corrected chi connectivity index (χ4v) is 3.10. The van der Waals surface area contributed by atoms with Crippen molar-refractivity contribution in [2.45, 2.75) is 50.5 Å². The molecule has 0 radical (unpaired) electrons. The van der Waals surface area contributed by atoms with Crippen LogP contribution in [0.3, 0.4) is 0 Å². The third-order valence-electron chi connectivity index (χ3n) is 4.93. The molecule has 2 fully saturated rings. The molecule has 1 aromatic rings. The van der Waals surface area contributed by atoms with E-state index in [9.17, 15) is 9.59 Å². The number of carbonyl (C=O) groups excluding carboxylic acids is 2. The molecular formula is C18H25N3O3. The Labute approximate surface area is 142 Å².